The first kappa shape index (κ1) is 22.0. The van der Waals surface area contributed by atoms with Crippen molar-refractivity contribution in [3.05, 3.63) is 63.4 Å². The number of nitrogen functional groups attached to an aromatic ring is 1. The van der Waals surface area contributed by atoms with Crippen LogP contribution >= 0.6 is 23.4 Å². The van der Waals surface area contributed by atoms with Gasteiger partial charge < -0.3 is 15.9 Å². The van der Waals surface area contributed by atoms with Gasteiger partial charge in [0.25, 0.3) is 0 Å². The lowest BCUT2D eigenvalue weighted by Crippen LogP contribution is -2.18. The minimum atomic E-state index is -0.204. The smallest absolute Gasteiger partial charge is 0.234 e. The highest BCUT2D eigenvalue weighted by Gasteiger charge is 2.15. The van der Waals surface area contributed by atoms with Gasteiger partial charge in [-0.1, -0.05) is 35.5 Å². The number of nitrogens with two attached hydrogens (primary N) is 1. The highest BCUT2D eigenvalue weighted by molar-refractivity contribution is 7.99. The number of carbonyl (C=O) groups is 1. The monoisotopic (exact) mass is 445 g/mol. The van der Waals surface area contributed by atoms with Gasteiger partial charge in [-0.3, -0.25) is 4.79 Å². The van der Waals surface area contributed by atoms with E-state index in [0.717, 1.165) is 28.0 Å². The first-order valence-electron chi connectivity index (χ1n) is 9.33. The fraction of sp³-hybridized carbons (Fsp3) is 0.286. The number of anilines is 1. The van der Waals surface area contributed by atoms with Gasteiger partial charge >= 0.3 is 0 Å². The molecule has 1 amide bonds. The van der Waals surface area contributed by atoms with E-state index in [1.165, 1.54) is 16.4 Å². The van der Waals surface area contributed by atoms with Crippen molar-refractivity contribution in [1.82, 2.24) is 14.9 Å². The van der Waals surface area contributed by atoms with Gasteiger partial charge in [0.1, 0.15) is 12.4 Å². The third-order valence-electron chi connectivity index (χ3n) is 4.33. The molecule has 3 N–H and O–H groups in total. The van der Waals surface area contributed by atoms with E-state index in [0.29, 0.717) is 21.7 Å². The number of benzene rings is 2. The second-order valence-electron chi connectivity index (χ2n) is 7.16. The zero-order valence-corrected chi connectivity index (χ0v) is 18.9. The molecule has 3 aromatic rings. The van der Waals surface area contributed by atoms with Gasteiger partial charge in [-0.25, -0.2) is 4.68 Å². The van der Waals surface area contributed by atoms with E-state index >= 15 is 0 Å². The lowest BCUT2D eigenvalue weighted by Gasteiger charge is -2.11. The molecule has 30 heavy (non-hydrogen) atoms. The van der Waals surface area contributed by atoms with Crippen molar-refractivity contribution < 1.29 is 9.53 Å². The Kier molecular flexibility index (Phi) is 6.89. The molecule has 0 atom stereocenters. The molecule has 1 aromatic heterocycles. The van der Waals surface area contributed by atoms with E-state index in [1.807, 2.05) is 52.0 Å². The van der Waals surface area contributed by atoms with Crippen LogP contribution in [0.25, 0.3) is 0 Å². The minimum Gasteiger partial charge on any atom is -0.486 e. The van der Waals surface area contributed by atoms with Crippen LogP contribution in [0.4, 0.5) is 5.69 Å². The highest BCUT2D eigenvalue weighted by Crippen LogP contribution is 2.27. The van der Waals surface area contributed by atoms with Crippen LogP contribution in [0.5, 0.6) is 5.75 Å². The van der Waals surface area contributed by atoms with Crippen LogP contribution in [0.3, 0.4) is 0 Å². The van der Waals surface area contributed by atoms with E-state index < -0.39 is 0 Å². The lowest BCUT2D eigenvalue weighted by molar-refractivity contribution is -0.113. The SMILES string of the molecule is Cc1cc(C)cc(OCc2nnc(SCC(=O)Nc3c(C)cc(C)cc3Cl)n2N)c1. The summed E-state index contributed by atoms with van der Waals surface area (Å²) in [4.78, 5) is 12.4. The van der Waals surface area contributed by atoms with Crippen molar-refractivity contribution in [3.8, 4) is 5.75 Å². The summed E-state index contributed by atoms with van der Waals surface area (Å²) in [5.41, 5.74) is 4.79. The van der Waals surface area contributed by atoms with Crippen molar-refractivity contribution in [1.29, 1.82) is 0 Å². The third-order valence-corrected chi connectivity index (χ3v) is 5.57. The molecule has 1 heterocycles. The van der Waals surface area contributed by atoms with Gasteiger partial charge in [-0.2, -0.15) is 0 Å². The minimum absolute atomic E-state index is 0.122. The molecule has 0 aliphatic carbocycles. The van der Waals surface area contributed by atoms with E-state index in [9.17, 15) is 4.79 Å². The quantitative estimate of drug-likeness (QED) is 0.418. The zero-order chi connectivity index (χ0) is 21.8. The summed E-state index contributed by atoms with van der Waals surface area (Å²) in [5.74, 6) is 7.20. The average Bonchev–Trinajstić information content (AvgIpc) is 3.00. The van der Waals surface area contributed by atoms with Crippen molar-refractivity contribution in [2.45, 2.75) is 39.5 Å². The molecule has 0 spiro atoms. The summed E-state index contributed by atoms with van der Waals surface area (Å²) in [6.45, 7) is 8.06. The first-order chi connectivity index (χ1) is 14.2. The third kappa shape index (κ3) is 5.46. The standard InChI is InChI=1S/C21H24ClN5O2S/c1-12-5-13(2)8-16(7-12)29-10-18-25-26-21(27(18)23)30-11-19(28)24-20-15(4)6-14(3)9-17(20)22/h5-9H,10-11,23H2,1-4H3,(H,24,28). The molecule has 0 radical (unpaired) electrons. The van der Waals surface area contributed by atoms with Crippen LogP contribution in [-0.2, 0) is 11.4 Å². The number of amides is 1. The molecule has 0 unspecified atom stereocenters. The predicted molar refractivity (Wildman–Crippen MR) is 121 cm³/mol. The molecular weight excluding hydrogens is 422 g/mol. The molecule has 0 bridgehead atoms. The summed E-state index contributed by atoms with van der Waals surface area (Å²) in [6, 6.07) is 9.75. The second kappa shape index (κ2) is 9.40. The fourth-order valence-corrected chi connectivity index (χ4v) is 4.09. The first-order valence-corrected chi connectivity index (χ1v) is 10.7. The Balaban J connectivity index is 1.58. The van der Waals surface area contributed by atoms with Crippen LogP contribution in [0.2, 0.25) is 5.02 Å². The van der Waals surface area contributed by atoms with Gasteiger partial charge in [0.05, 0.1) is 16.5 Å². The van der Waals surface area contributed by atoms with E-state index in [1.54, 1.807) is 0 Å². The van der Waals surface area contributed by atoms with Gasteiger partial charge in [0, 0.05) is 0 Å². The maximum Gasteiger partial charge on any atom is 0.234 e. The summed E-state index contributed by atoms with van der Waals surface area (Å²) >= 11 is 7.44. The molecule has 0 aliphatic heterocycles. The molecule has 158 valence electrons. The number of ether oxygens (including phenoxy) is 1. The number of thioether (sulfide) groups is 1. The Morgan fingerprint density at radius 1 is 1.10 bits per heavy atom. The van der Waals surface area contributed by atoms with Gasteiger partial charge in [0.15, 0.2) is 5.82 Å². The molecule has 0 aliphatic rings. The van der Waals surface area contributed by atoms with Crippen molar-refractivity contribution in [2.75, 3.05) is 16.9 Å². The molecule has 9 heteroatoms. The van der Waals surface area contributed by atoms with E-state index in [4.69, 9.17) is 22.2 Å². The number of hydrogen-bond donors (Lipinski definition) is 2. The number of aryl methyl sites for hydroxylation is 4. The topological polar surface area (TPSA) is 95.1 Å². The number of nitrogens with one attached hydrogen (secondary N) is 1. The van der Waals surface area contributed by atoms with Crippen LogP contribution in [0.15, 0.2) is 35.5 Å². The Morgan fingerprint density at radius 3 is 2.43 bits per heavy atom. The van der Waals surface area contributed by atoms with Gasteiger partial charge in [-0.15, -0.1) is 10.2 Å². The van der Waals surface area contributed by atoms with Crippen LogP contribution < -0.4 is 15.9 Å². The molecule has 2 aromatic carbocycles. The molecule has 0 saturated heterocycles. The van der Waals surface area contributed by atoms with Gasteiger partial charge in [0.2, 0.25) is 11.1 Å². The second-order valence-corrected chi connectivity index (χ2v) is 8.51. The van der Waals surface area contributed by atoms with Gasteiger partial charge in [-0.05, 0) is 68.1 Å². The van der Waals surface area contributed by atoms with Crippen LogP contribution in [0, 0.1) is 27.7 Å². The largest absolute Gasteiger partial charge is 0.486 e. The Bertz CT molecular complexity index is 1040. The Hall–Kier alpha value is -2.71. The molecular formula is C21H24ClN5O2S. The zero-order valence-electron chi connectivity index (χ0n) is 17.3. The average molecular weight is 446 g/mol. The summed E-state index contributed by atoms with van der Waals surface area (Å²) < 4.78 is 7.12. The van der Waals surface area contributed by atoms with E-state index in [2.05, 4.69) is 21.6 Å². The number of aromatic nitrogens is 3. The molecule has 0 saturated carbocycles. The number of hydrogen-bond acceptors (Lipinski definition) is 6. The summed E-state index contributed by atoms with van der Waals surface area (Å²) in [5, 5.41) is 11.9. The fourth-order valence-electron chi connectivity index (χ4n) is 3.05. The number of rotatable bonds is 7. The molecule has 0 fully saturated rings. The Morgan fingerprint density at radius 2 is 1.77 bits per heavy atom. The summed E-state index contributed by atoms with van der Waals surface area (Å²) in [7, 11) is 0. The van der Waals surface area contributed by atoms with Crippen molar-refractivity contribution >= 4 is 35.0 Å². The Labute approximate surface area is 184 Å². The highest BCUT2D eigenvalue weighted by atomic mass is 35.5. The maximum atomic E-state index is 12.4. The predicted octanol–water partition coefficient (Wildman–Crippen LogP) is 4.19. The number of carbonyl (C=O) groups excluding carboxylic acids is 1. The van der Waals surface area contributed by atoms with E-state index in [-0.39, 0.29) is 18.3 Å². The lowest BCUT2D eigenvalue weighted by atomic mass is 10.1. The number of nitrogens with zero attached hydrogens (tertiary/aromatic N) is 3. The normalized spacial score (nSPS) is 10.8. The molecule has 3 rings (SSSR count). The van der Waals surface area contributed by atoms with Crippen molar-refractivity contribution in [2.24, 2.45) is 0 Å². The summed E-state index contributed by atoms with van der Waals surface area (Å²) in [6.07, 6.45) is 0. The number of halogens is 1. The molecule has 7 nitrogen and oxygen atoms in total. The van der Waals surface area contributed by atoms with Crippen LogP contribution in [0.1, 0.15) is 28.1 Å². The van der Waals surface area contributed by atoms with Crippen molar-refractivity contribution in [3.63, 3.8) is 0 Å². The maximum absolute atomic E-state index is 12.4. The van der Waals surface area contributed by atoms with Crippen LogP contribution in [-0.4, -0.2) is 26.5 Å².